The Morgan fingerprint density at radius 3 is 2.39 bits per heavy atom. The molecule has 182 valence electrons. The molecule has 2 amide bonds. The third kappa shape index (κ3) is 4.66. The number of aromatic amines is 1. The van der Waals surface area contributed by atoms with Crippen molar-refractivity contribution in [1.29, 1.82) is 0 Å². The average molecular weight is 487 g/mol. The Kier molecular flexibility index (Phi) is 6.42. The van der Waals surface area contributed by atoms with Crippen LogP contribution >= 0.6 is 0 Å². The number of para-hydroxylation sites is 1. The van der Waals surface area contributed by atoms with Crippen LogP contribution in [0.4, 0.5) is 10.3 Å². The molecule has 0 spiro atoms. The second-order valence-electron chi connectivity index (χ2n) is 8.35. The van der Waals surface area contributed by atoms with Crippen molar-refractivity contribution in [2.45, 2.75) is 0 Å². The Morgan fingerprint density at radius 1 is 1.00 bits per heavy atom. The van der Waals surface area contributed by atoms with Crippen molar-refractivity contribution in [3.8, 4) is 0 Å². The minimum atomic E-state index is -0.685. The van der Waals surface area contributed by atoms with Crippen molar-refractivity contribution in [2.75, 3.05) is 31.1 Å². The number of nitrogens with zero attached hydrogens (tertiary/aromatic N) is 4. The zero-order chi connectivity index (χ0) is 25.1. The van der Waals surface area contributed by atoms with Crippen LogP contribution in [0.1, 0.15) is 21.5 Å². The molecule has 1 aliphatic heterocycles. The molecule has 4 aromatic rings. The number of H-pyrrole nitrogens is 1. The first-order valence-corrected chi connectivity index (χ1v) is 11.4. The molecular weight excluding hydrogens is 463 g/mol. The van der Waals surface area contributed by atoms with Gasteiger partial charge >= 0.3 is 0 Å². The number of amides is 2. The van der Waals surface area contributed by atoms with Gasteiger partial charge in [0.05, 0.1) is 5.56 Å². The van der Waals surface area contributed by atoms with Gasteiger partial charge in [-0.25, -0.2) is 19.8 Å². The molecule has 1 saturated heterocycles. The molecule has 3 heterocycles. The highest BCUT2D eigenvalue weighted by Crippen LogP contribution is 2.29. The van der Waals surface area contributed by atoms with Crippen LogP contribution in [0.2, 0.25) is 0 Å². The number of anilines is 1. The fraction of sp³-hybridized carbons (Fsp3) is 0.154. The van der Waals surface area contributed by atoms with Gasteiger partial charge in [-0.05, 0) is 29.8 Å². The Balaban J connectivity index is 1.38. The lowest BCUT2D eigenvalue weighted by molar-refractivity contribution is -0.125. The van der Waals surface area contributed by atoms with E-state index in [2.05, 4.69) is 15.0 Å². The number of hydroxylamine groups is 1. The number of aromatic nitrogens is 3. The van der Waals surface area contributed by atoms with Gasteiger partial charge in [-0.2, -0.15) is 0 Å². The summed E-state index contributed by atoms with van der Waals surface area (Å²) in [6.45, 7) is 1.92. The van der Waals surface area contributed by atoms with E-state index in [4.69, 9.17) is 5.21 Å². The number of hydrogen-bond donors (Lipinski definition) is 3. The number of fused-ring (bicyclic) bond motifs is 1. The first-order chi connectivity index (χ1) is 17.5. The first-order valence-electron chi connectivity index (χ1n) is 11.4. The molecule has 0 saturated carbocycles. The quantitative estimate of drug-likeness (QED) is 0.227. The number of benzene rings is 2. The molecule has 10 heteroatoms. The van der Waals surface area contributed by atoms with E-state index in [1.165, 1.54) is 24.5 Å². The summed E-state index contributed by atoms with van der Waals surface area (Å²) in [4.78, 5) is 40.6. The Hall–Kier alpha value is -4.57. The van der Waals surface area contributed by atoms with Crippen molar-refractivity contribution in [2.24, 2.45) is 0 Å². The number of rotatable bonds is 5. The van der Waals surface area contributed by atoms with E-state index < -0.39 is 5.91 Å². The van der Waals surface area contributed by atoms with Crippen LogP contribution in [0.3, 0.4) is 0 Å². The molecule has 2 aromatic heterocycles. The summed E-state index contributed by atoms with van der Waals surface area (Å²) in [7, 11) is 0. The van der Waals surface area contributed by atoms with Gasteiger partial charge in [0.15, 0.2) is 0 Å². The van der Waals surface area contributed by atoms with Crippen LogP contribution < -0.4 is 10.4 Å². The zero-order valence-corrected chi connectivity index (χ0v) is 19.2. The summed E-state index contributed by atoms with van der Waals surface area (Å²) in [6, 6.07) is 13.8. The van der Waals surface area contributed by atoms with Gasteiger partial charge in [-0.15, -0.1) is 0 Å². The number of nitrogens with one attached hydrogen (secondary N) is 2. The van der Waals surface area contributed by atoms with Gasteiger partial charge in [0.2, 0.25) is 5.95 Å². The summed E-state index contributed by atoms with van der Waals surface area (Å²) in [5.41, 5.74) is 4.64. The molecule has 5 rings (SSSR count). The van der Waals surface area contributed by atoms with Crippen molar-refractivity contribution in [1.82, 2.24) is 25.3 Å². The first kappa shape index (κ1) is 23.2. The number of piperazine rings is 1. The van der Waals surface area contributed by atoms with E-state index >= 15 is 0 Å². The molecule has 2 aromatic carbocycles. The van der Waals surface area contributed by atoms with Crippen molar-refractivity contribution in [3.05, 3.63) is 89.6 Å². The Labute approximate surface area is 205 Å². The Bertz CT molecular complexity index is 1420. The van der Waals surface area contributed by atoms with Crippen LogP contribution in [0, 0.1) is 5.82 Å². The number of carbonyl (C=O) groups excluding carboxylic acids is 2. The van der Waals surface area contributed by atoms with Crippen LogP contribution in [0.15, 0.2) is 67.1 Å². The zero-order valence-electron chi connectivity index (χ0n) is 19.2. The van der Waals surface area contributed by atoms with Gasteiger partial charge in [-0.3, -0.25) is 14.8 Å². The molecule has 1 aliphatic rings. The molecule has 0 aliphatic carbocycles. The third-order valence-electron chi connectivity index (χ3n) is 6.14. The van der Waals surface area contributed by atoms with Crippen molar-refractivity contribution >= 4 is 40.3 Å². The van der Waals surface area contributed by atoms with E-state index in [-0.39, 0.29) is 17.3 Å². The van der Waals surface area contributed by atoms with Gasteiger partial charge in [0.1, 0.15) is 5.82 Å². The molecular formula is C26H23FN6O3. The fourth-order valence-corrected chi connectivity index (χ4v) is 4.22. The molecule has 1 fully saturated rings. The molecule has 0 atom stereocenters. The van der Waals surface area contributed by atoms with E-state index in [0.29, 0.717) is 37.7 Å². The largest absolute Gasteiger partial charge is 0.361 e. The molecule has 9 nitrogen and oxygen atoms in total. The molecule has 0 bridgehead atoms. The second-order valence-corrected chi connectivity index (χ2v) is 8.35. The van der Waals surface area contributed by atoms with Crippen molar-refractivity contribution < 1.29 is 19.2 Å². The summed E-state index contributed by atoms with van der Waals surface area (Å²) < 4.78 is 13.5. The molecule has 0 radical (unpaired) electrons. The van der Waals surface area contributed by atoms with Crippen LogP contribution in [0.25, 0.3) is 22.6 Å². The maximum atomic E-state index is 13.8. The van der Waals surface area contributed by atoms with Gasteiger partial charge in [0, 0.05) is 66.8 Å². The predicted molar refractivity (Wildman–Crippen MR) is 133 cm³/mol. The van der Waals surface area contributed by atoms with Gasteiger partial charge in [-0.1, -0.05) is 30.3 Å². The molecule has 36 heavy (non-hydrogen) atoms. The van der Waals surface area contributed by atoms with E-state index in [1.807, 2.05) is 35.4 Å². The highest BCUT2D eigenvalue weighted by Gasteiger charge is 2.27. The van der Waals surface area contributed by atoms with Crippen LogP contribution in [0.5, 0.6) is 0 Å². The topological polar surface area (TPSA) is 114 Å². The Morgan fingerprint density at radius 2 is 1.69 bits per heavy atom. The second kappa shape index (κ2) is 9.96. The van der Waals surface area contributed by atoms with E-state index in [1.54, 1.807) is 28.6 Å². The SMILES string of the molecule is O=C(NO)c1cnc(N2CCN(C(=O)/C(=C\c3ccc(F)cc3)c3c[nH]c4ccccc34)CC2)nc1. The van der Waals surface area contributed by atoms with E-state index in [0.717, 1.165) is 22.0 Å². The highest BCUT2D eigenvalue weighted by atomic mass is 19.1. The predicted octanol–water partition coefficient (Wildman–Crippen LogP) is 3.11. The third-order valence-corrected chi connectivity index (χ3v) is 6.14. The monoisotopic (exact) mass is 486 g/mol. The lowest BCUT2D eigenvalue weighted by atomic mass is 10.00. The normalized spacial score (nSPS) is 14.2. The lowest BCUT2D eigenvalue weighted by Crippen LogP contribution is -2.49. The van der Waals surface area contributed by atoms with E-state index in [9.17, 15) is 14.0 Å². The summed E-state index contributed by atoms with van der Waals surface area (Å²) in [5.74, 6) is -0.708. The molecule has 0 unspecified atom stereocenters. The number of hydrogen-bond acceptors (Lipinski definition) is 6. The number of carbonyl (C=O) groups is 2. The minimum absolute atomic E-state index is 0.125. The maximum Gasteiger partial charge on any atom is 0.277 e. The number of halogens is 1. The summed E-state index contributed by atoms with van der Waals surface area (Å²) in [6.07, 6.45) is 6.29. The lowest BCUT2D eigenvalue weighted by Gasteiger charge is -2.35. The smallest absolute Gasteiger partial charge is 0.277 e. The summed E-state index contributed by atoms with van der Waals surface area (Å²) in [5, 5.41) is 9.67. The van der Waals surface area contributed by atoms with Crippen LogP contribution in [-0.4, -0.2) is 63.1 Å². The fourth-order valence-electron chi connectivity index (χ4n) is 4.22. The maximum absolute atomic E-state index is 13.8. The van der Waals surface area contributed by atoms with Crippen molar-refractivity contribution in [3.63, 3.8) is 0 Å². The standard InChI is InChI=1S/C26H23FN6O3/c27-19-7-5-17(6-8-19)13-21(22-16-28-23-4-2-1-3-20(22)23)25(35)32-9-11-33(12-10-32)26-29-14-18(15-30-26)24(34)31-36/h1-8,13-16,28,36H,9-12H2,(H,31,34)/b21-13-. The van der Waals surface area contributed by atoms with Crippen LogP contribution in [-0.2, 0) is 4.79 Å². The van der Waals surface area contributed by atoms with Gasteiger partial charge in [0.25, 0.3) is 11.8 Å². The average Bonchev–Trinajstić information content (AvgIpc) is 3.36. The minimum Gasteiger partial charge on any atom is -0.361 e. The molecule has 3 N–H and O–H groups in total. The summed E-state index contributed by atoms with van der Waals surface area (Å²) >= 11 is 0. The van der Waals surface area contributed by atoms with Gasteiger partial charge < -0.3 is 14.8 Å². The highest BCUT2D eigenvalue weighted by molar-refractivity contribution is 6.27.